The molecule has 0 radical (unpaired) electrons. The maximum Gasteiger partial charge on any atom is 0.140 e. The van der Waals surface area contributed by atoms with Gasteiger partial charge in [0, 0.05) is 10.9 Å². The summed E-state index contributed by atoms with van der Waals surface area (Å²) in [5.74, 6) is 0. The van der Waals surface area contributed by atoms with Gasteiger partial charge in [-0.3, -0.25) is 0 Å². The Kier molecular flexibility index (Phi) is 1.89. The second kappa shape index (κ2) is 2.85. The number of para-hydroxylation sites is 1. The zero-order valence-corrected chi connectivity index (χ0v) is 8.66. The molecule has 14 heavy (non-hydrogen) atoms. The molecule has 0 bridgehead atoms. The first kappa shape index (κ1) is 9.28. The monoisotopic (exact) mass is 190 g/mol. The van der Waals surface area contributed by atoms with Crippen molar-refractivity contribution in [2.45, 2.75) is 26.4 Å². The summed E-state index contributed by atoms with van der Waals surface area (Å²) in [6.45, 7) is 5.53. The minimum atomic E-state index is -0.857. The highest BCUT2D eigenvalue weighted by Gasteiger charge is 2.20. The first-order valence-corrected chi connectivity index (χ1v) is 4.70. The third-order valence-electron chi connectivity index (χ3n) is 2.45. The van der Waals surface area contributed by atoms with E-state index in [1.807, 2.05) is 25.1 Å². The van der Waals surface area contributed by atoms with Crippen molar-refractivity contribution in [2.75, 3.05) is 0 Å². The Morgan fingerprint density at radius 3 is 2.64 bits per heavy atom. The number of benzene rings is 1. The Bertz CT molecular complexity index is 461. The molecule has 2 aromatic rings. The first-order valence-electron chi connectivity index (χ1n) is 4.70. The summed E-state index contributed by atoms with van der Waals surface area (Å²) in [5, 5.41) is 11.0. The number of fused-ring (bicyclic) bond motifs is 1. The predicted octanol–water partition coefficient (Wildman–Crippen LogP) is 2.97. The van der Waals surface area contributed by atoms with E-state index >= 15 is 0 Å². The van der Waals surface area contributed by atoms with E-state index in [2.05, 4.69) is 0 Å². The molecule has 1 N–H and O–H groups in total. The number of hydrogen-bond acceptors (Lipinski definition) is 2. The zero-order valence-electron chi connectivity index (χ0n) is 8.66. The van der Waals surface area contributed by atoms with E-state index in [9.17, 15) is 5.11 Å². The number of furan rings is 1. The second-order valence-corrected chi connectivity index (χ2v) is 4.16. The van der Waals surface area contributed by atoms with Crippen LogP contribution in [0.4, 0.5) is 0 Å². The van der Waals surface area contributed by atoms with Crippen molar-refractivity contribution in [1.82, 2.24) is 0 Å². The van der Waals surface area contributed by atoms with E-state index in [1.165, 1.54) is 0 Å². The third kappa shape index (κ3) is 1.32. The van der Waals surface area contributed by atoms with E-state index < -0.39 is 5.60 Å². The molecule has 0 aliphatic rings. The lowest BCUT2D eigenvalue weighted by molar-refractivity contribution is 0.0792. The fourth-order valence-electron chi connectivity index (χ4n) is 1.67. The summed E-state index contributed by atoms with van der Waals surface area (Å²) in [6, 6.07) is 5.84. The standard InChI is InChI=1S/C12H14O2/c1-8-7-14-11-9(8)5-4-6-10(11)12(2,3)13/h4-7,13H,1-3H3. The van der Waals surface area contributed by atoms with Crippen molar-refractivity contribution >= 4 is 11.0 Å². The van der Waals surface area contributed by atoms with Gasteiger partial charge in [0.15, 0.2) is 0 Å². The first-order chi connectivity index (χ1) is 6.50. The Hall–Kier alpha value is -1.28. The molecule has 1 aromatic carbocycles. The topological polar surface area (TPSA) is 33.4 Å². The van der Waals surface area contributed by atoms with Crippen molar-refractivity contribution in [3.63, 3.8) is 0 Å². The van der Waals surface area contributed by atoms with Gasteiger partial charge in [0.25, 0.3) is 0 Å². The minimum absolute atomic E-state index is 0.789. The summed E-state index contributed by atoms with van der Waals surface area (Å²) in [6.07, 6.45) is 1.72. The molecule has 0 saturated heterocycles. The lowest BCUT2D eigenvalue weighted by Crippen LogP contribution is -2.15. The van der Waals surface area contributed by atoms with Crippen LogP contribution >= 0.6 is 0 Å². The molecule has 0 atom stereocenters. The van der Waals surface area contributed by atoms with Crippen LogP contribution < -0.4 is 0 Å². The average molecular weight is 190 g/mol. The van der Waals surface area contributed by atoms with Crippen molar-refractivity contribution in [3.05, 3.63) is 35.6 Å². The van der Waals surface area contributed by atoms with Crippen LogP contribution in [-0.2, 0) is 5.60 Å². The fourth-order valence-corrected chi connectivity index (χ4v) is 1.67. The molecule has 0 unspecified atom stereocenters. The zero-order chi connectivity index (χ0) is 10.3. The van der Waals surface area contributed by atoms with Gasteiger partial charge in [0.2, 0.25) is 0 Å². The predicted molar refractivity (Wildman–Crippen MR) is 56.2 cm³/mol. The van der Waals surface area contributed by atoms with Gasteiger partial charge in [-0.05, 0) is 26.3 Å². The molecule has 74 valence electrons. The molecule has 2 rings (SSSR count). The van der Waals surface area contributed by atoms with Crippen LogP contribution in [0, 0.1) is 6.92 Å². The Balaban J connectivity index is 2.79. The number of hydrogen-bond donors (Lipinski definition) is 1. The quantitative estimate of drug-likeness (QED) is 0.750. The summed E-state index contributed by atoms with van der Waals surface area (Å²) in [5.41, 5.74) is 1.87. The molecule has 2 nitrogen and oxygen atoms in total. The SMILES string of the molecule is Cc1coc2c(C(C)(C)O)cccc12. The van der Waals surface area contributed by atoms with Crippen LogP contribution in [0.5, 0.6) is 0 Å². The van der Waals surface area contributed by atoms with Crippen LogP contribution in [0.3, 0.4) is 0 Å². The second-order valence-electron chi connectivity index (χ2n) is 4.16. The molecule has 0 aliphatic carbocycles. The van der Waals surface area contributed by atoms with Crippen LogP contribution in [0.15, 0.2) is 28.9 Å². The van der Waals surface area contributed by atoms with Gasteiger partial charge >= 0.3 is 0 Å². The molecule has 1 heterocycles. The van der Waals surface area contributed by atoms with Gasteiger partial charge in [0.05, 0.1) is 11.9 Å². The van der Waals surface area contributed by atoms with Gasteiger partial charge in [-0.15, -0.1) is 0 Å². The smallest absolute Gasteiger partial charge is 0.140 e. The van der Waals surface area contributed by atoms with E-state index in [4.69, 9.17) is 4.42 Å². The lowest BCUT2D eigenvalue weighted by Gasteiger charge is -2.17. The van der Waals surface area contributed by atoms with E-state index in [-0.39, 0.29) is 0 Å². The van der Waals surface area contributed by atoms with E-state index in [0.29, 0.717) is 0 Å². The van der Waals surface area contributed by atoms with Gasteiger partial charge in [-0.1, -0.05) is 18.2 Å². The van der Waals surface area contributed by atoms with Crippen LogP contribution in [0.25, 0.3) is 11.0 Å². The maximum atomic E-state index is 9.94. The summed E-state index contributed by atoms with van der Waals surface area (Å²) in [4.78, 5) is 0. The molecule has 1 aromatic heterocycles. The molecule has 0 spiro atoms. The highest BCUT2D eigenvalue weighted by atomic mass is 16.3. The highest BCUT2D eigenvalue weighted by Crippen LogP contribution is 2.30. The summed E-state index contributed by atoms with van der Waals surface area (Å²) < 4.78 is 5.45. The van der Waals surface area contributed by atoms with Gasteiger partial charge in [-0.25, -0.2) is 0 Å². The normalized spacial score (nSPS) is 12.3. The Labute approximate surface area is 83.2 Å². The molecule has 0 amide bonds. The number of rotatable bonds is 1. The van der Waals surface area contributed by atoms with Crippen molar-refractivity contribution in [3.8, 4) is 0 Å². The maximum absolute atomic E-state index is 9.94. The van der Waals surface area contributed by atoms with Gasteiger partial charge in [-0.2, -0.15) is 0 Å². The third-order valence-corrected chi connectivity index (χ3v) is 2.45. The van der Waals surface area contributed by atoms with Crippen LogP contribution in [0.1, 0.15) is 25.0 Å². The average Bonchev–Trinajstić information content (AvgIpc) is 2.46. The van der Waals surface area contributed by atoms with Crippen LogP contribution in [-0.4, -0.2) is 5.11 Å². The molecule has 0 aliphatic heterocycles. The summed E-state index contributed by atoms with van der Waals surface area (Å²) >= 11 is 0. The van der Waals surface area contributed by atoms with E-state index in [0.717, 1.165) is 22.1 Å². The molecule has 0 saturated carbocycles. The van der Waals surface area contributed by atoms with Crippen molar-refractivity contribution in [1.29, 1.82) is 0 Å². The fraction of sp³-hybridized carbons (Fsp3) is 0.333. The number of aliphatic hydroxyl groups is 1. The van der Waals surface area contributed by atoms with Gasteiger partial charge in [0.1, 0.15) is 5.58 Å². The van der Waals surface area contributed by atoms with Crippen molar-refractivity contribution < 1.29 is 9.52 Å². The molecular formula is C12H14O2. The Morgan fingerprint density at radius 2 is 2.00 bits per heavy atom. The Morgan fingerprint density at radius 1 is 1.29 bits per heavy atom. The van der Waals surface area contributed by atoms with Gasteiger partial charge < -0.3 is 9.52 Å². The molecule has 2 heteroatoms. The number of aryl methyl sites for hydroxylation is 1. The van der Waals surface area contributed by atoms with E-state index in [1.54, 1.807) is 20.1 Å². The largest absolute Gasteiger partial charge is 0.464 e. The van der Waals surface area contributed by atoms with Crippen LogP contribution in [0.2, 0.25) is 0 Å². The highest BCUT2D eigenvalue weighted by molar-refractivity contribution is 5.84. The lowest BCUT2D eigenvalue weighted by atomic mass is 9.96. The summed E-state index contributed by atoms with van der Waals surface area (Å²) in [7, 11) is 0. The molecule has 0 fully saturated rings. The molecular weight excluding hydrogens is 176 g/mol. The minimum Gasteiger partial charge on any atom is -0.464 e. The van der Waals surface area contributed by atoms with Crippen molar-refractivity contribution in [2.24, 2.45) is 0 Å².